The van der Waals surface area contributed by atoms with Gasteiger partial charge in [-0.3, -0.25) is 14.2 Å². The molecule has 0 saturated carbocycles. The lowest BCUT2D eigenvalue weighted by atomic mass is 10.1. The van der Waals surface area contributed by atoms with Crippen molar-refractivity contribution in [1.29, 1.82) is 0 Å². The lowest BCUT2D eigenvalue weighted by Crippen LogP contribution is -2.24. The minimum absolute atomic E-state index is 0.104. The van der Waals surface area contributed by atoms with Gasteiger partial charge < -0.3 is 5.32 Å². The quantitative estimate of drug-likeness (QED) is 0.277. The Bertz CT molecular complexity index is 1230. The van der Waals surface area contributed by atoms with Crippen molar-refractivity contribution in [3.8, 4) is 0 Å². The first-order valence-electron chi connectivity index (χ1n) is 8.70. The van der Waals surface area contributed by atoms with Crippen LogP contribution in [0, 0.1) is 0 Å². The topological polar surface area (TPSA) is 64.0 Å². The van der Waals surface area contributed by atoms with Crippen molar-refractivity contribution in [3.63, 3.8) is 0 Å². The first-order valence-corrected chi connectivity index (χ1v) is 10.4. The van der Waals surface area contributed by atoms with Crippen molar-refractivity contribution in [3.05, 3.63) is 75.0 Å². The molecule has 0 fully saturated rings. The molecule has 2 aromatic carbocycles. The minimum Gasteiger partial charge on any atom is -0.325 e. The molecule has 0 radical (unpaired) electrons. The van der Waals surface area contributed by atoms with Crippen LogP contribution in [-0.4, -0.2) is 21.2 Å². The van der Waals surface area contributed by atoms with Gasteiger partial charge in [0.1, 0.15) is 0 Å². The van der Waals surface area contributed by atoms with Crippen molar-refractivity contribution in [1.82, 2.24) is 9.55 Å². The Morgan fingerprint density at radius 2 is 1.87 bits per heavy atom. The number of alkyl halides is 3. The smallest absolute Gasteiger partial charge is 0.325 e. The van der Waals surface area contributed by atoms with E-state index < -0.39 is 23.3 Å². The number of nitrogens with one attached hydrogen (secondary N) is 1. The van der Waals surface area contributed by atoms with Gasteiger partial charge in [0.25, 0.3) is 5.56 Å². The SMILES string of the molecule is C=CCn1c(SCC(=O)Nc2ccc(Cl)cc2C(F)(F)F)nc2cc(Cl)ccc2c1=O. The molecule has 0 saturated heterocycles. The molecule has 11 heteroatoms. The van der Waals surface area contributed by atoms with Crippen LogP contribution in [0.4, 0.5) is 18.9 Å². The van der Waals surface area contributed by atoms with Gasteiger partial charge in [0.15, 0.2) is 5.16 Å². The third-order valence-electron chi connectivity index (χ3n) is 4.09. The monoisotopic (exact) mass is 487 g/mol. The van der Waals surface area contributed by atoms with E-state index in [2.05, 4.69) is 16.9 Å². The summed E-state index contributed by atoms with van der Waals surface area (Å²) in [6.45, 7) is 3.75. The first-order chi connectivity index (χ1) is 14.6. The molecule has 3 rings (SSSR count). The second-order valence-corrected chi connectivity index (χ2v) is 8.10. The molecule has 1 aromatic heterocycles. The van der Waals surface area contributed by atoms with Gasteiger partial charge in [0.2, 0.25) is 5.91 Å². The van der Waals surface area contributed by atoms with Gasteiger partial charge in [-0.1, -0.05) is 41.0 Å². The number of thioether (sulfide) groups is 1. The van der Waals surface area contributed by atoms with E-state index in [4.69, 9.17) is 23.2 Å². The van der Waals surface area contributed by atoms with Crippen molar-refractivity contribution in [2.75, 3.05) is 11.1 Å². The Hall–Kier alpha value is -2.49. The fraction of sp³-hybridized carbons (Fsp3) is 0.150. The number of allylic oxidation sites excluding steroid dienone is 1. The summed E-state index contributed by atoms with van der Waals surface area (Å²) in [6, 6.07) is 7.70. The number of benzene rings is 2. The number of amides is 1. The van der Waals surface area contributed by atoms with Crippen LogP contribution in [0.25, 0.3) is 10.9 Å². The molecule has 1 heterocycles. The van der Waals surface area contributed by atoms with Crippen LogP contribution in [0.1, 0.15) is 5.56 Å². The number of carbonyl (C=O) groups is 1. The highest BCUT2D eigenvalue weighted by atomic mass is 35.5. The lowest BCUT2D eigenvalue weighted by Gasteiger charge is -2.15. The average Bonchev–Trinajstić information content (AvgIpc) is 2.69. The van der Waals surface area contributed by atoms with Crippen LogP contribution in [-0.2, 0) is 17.5 Å². The van der Waals surface area contributed by atoms with Crippen LogP contribution < -0.4 is 10.9 Å². The molecule has 0 aliphatic heterocycles. The number of halogens is 5. The maximum atomic E-state index is 13.2. The standard InChI is InChI=1S/C20H14Cl2F3N3O2S/c1-2-7-28-18(30)13-5-3-12(22)9-16(13)27-19(28)31-10-17(29)26-15-6-4-11(21)8-14(15)20(23,24)25/h2-6,8-9H,1,7,10H2,(H,26,29). The van der Waals surface area contributed by atoms with Gasteiger partial charge in [-0.25, -0.2) is 4.98 Å². The third-order valence-corrected chi connectivity index (χ3v) is 5.53. The summed E-state index contributed by atoms with van der Waals surface area (Å²) in [7, 11) is 0. The Labute approximate surface area is 188 Å². The molecule has 0 aliphatic rings. The molecule has 0 unspecified atom stereocenters. The van der Waals surface area contributed by atoms with E-state index in [-0.39, 0.29) is 28.0 Å². The van der Waals surface area contributed by atoms with Crippen LogP contribution in [0.5, 0.6) is 0 Å². The molecule has 1 N–H and O–H groups in total. The minimum atomic E-state index is -4.69. The fourth-order valence-corrected chi connectivity index (χ4v) is 3.90. The molecule has 0 spiro atoms. The van der Waals surface area contributed by atoms with Gasteiger partial charge in [-0.15, -0.1) is 6.58 Å². The van der Waals surface area contributed by atoms with Gasteiger partial charge in [0.05, 0.1) is 27.9 Å². The maximum Gasteiger partial charge on any atom is 0.418 e. The zero-order valence-corrected chi connectivity index (χ0v) is 18.0. The summed E-state index contributed by atoms with van der Waals surface area (Å²) in [5.41, 5.74) is -1.47. The third kappa shape index (κ3) is 5.41. The number of aromatic nitrogens is 2. The Morgan fingerprint density at radius 3 is 2.55 bits per heavy atom. The van der Waals surface area contributed by atoms with E-state index in [0.717, 1.165) is 23.9 Å². The summed E-state index contributed by atoms with van der Waals surface area (Å²) >= 11 is 12.5. The summed E-state index contributed by atoms with van der Waals surface area (Å²) in [4.78, 5) is 29.5. The van der Waals surface area contributed by atoms with E-state index in [1.54, 1.807) is 12.1 Å². The predicted octanol–water partition coefficient (Wildman–Crippen LogP) is 5.64. The maximum absolute atomic E-state index is 13.2. The summed E-state index contributed by atoms with van der Waals surface area (Å²) in [5, 5.41) is 3.07. The van der Waals surface area contributed by atoms with Gasteiger partial charge in [-0.2, -0.15) is 13.2 Å². The highest BCUT2D eigenvalue weighted by molar-refractivity contribution is 7.99. The van der Waals surface area contributed by atoms with Gasteiger partial charge in [-0.05, 0) is 36.4 Å². The van der Waals surface area contributed by atoms with E-state index in [0.29, 0.717) is 15.9 Å². The number of nitrogens with zero attached hydrogens (tertiary/aromatic N) is 2. The zero-order valence-electron chi connectivity index (χ0n) is 15.7. The van der Waals surface area contributed by atoms with Crippen molar-refractivity contribution in [2.45, 2.75) is 17.9 Å². The summed E-state index contributed by atoms with van der Waals surface area (Å²) < 4.78 is 41.0. The Kier molecular flexibility index (Phi) is 6.98. The van der Waals surface area contributed by atoms with Crippen molar-refractivity contribution in [2.24, 2.45) is 0 Å². The molecule has 0 aliphatic carbocycles. The number of carbonyl (C=O) groups excluding carboxylic acids is 1. The average molecular weight is 488 g/mol. The summed E-state index contributed by atoms with van der Waals surface area (Å²) in [5.74, 6) is -0.987. The molecular formula is C20H14Cl2F3N3O2S. The van der Waals surface area contributed by atoms with E-state index in [1.807, 2.05) is 0 Å². The number of anilines is 1. The van der Waals surface area contributed by atoms with Crippen LogP contribution in [0.15, 0.2) is 59.0 Å². The highest BCUT2D eigenvalue weighted by Crippen LogP contribution is 2.36. The number of hydrogen-bond acceptors (Lipinski definition) is 4. The number of hydrogen-bond donors (Lipinski definition) is 1. The molecule has 5 nitrogen and oxygen atoms in total. The van der Waals surface area contributed by atoms with Crippen molar-refractivity contribution < 1.29 is 18.0 Å². The second-order valence-electron chi connectivity index (χ2n) is 6.28. The van der Waals surface area contributed by atoms with E-state index in [1.165, 1.54) is 22.8 Å². The molecule has 1 amide bonds. The Balaban J connectivity index is 1.86. The predicted molar refractivity (Wildman–Crippen MR) is 117 cm³/mol. The Morgan fingerprint density at radius 1 is 1.19 bits per heavy atom. The zero-order chi connectivity index (χ0) is 22.8. The molecule has 0 bridgehead atoms. The van der Waals surface area contributed by atoms with E-state index >= 15 is 0 Å². The molecular weight excluding hydrogens is 474 g/mol. The molecule has 3 aromatic rings. The van der Waals surface area contributed by atoms with Crippen molar-refractivity contribution >= 4 is 57.5 Å². The van der Waals surface area contributed by atoms with Crippen LogP contribution in [0.3, 0.4) is 0 Å². The fourth-order valence-electron chi connectivity index (χ4n) is 2.75. The van der Waals surface area contributed by atoms with Crippen LogP contribution in [0.2, 0.25) is 10.0 Å². The largest absolute Gasteiger partial charge is 0.418 e. The normalized spacial score (nSPS) is 11.5. The molecule has 0 atom stereocenters. The summed E-state index contributed by atoms with van der Waals surface area (Å²) in [6.07, 6.45) is -3.19. The highest BCUT2D eigenvalue weighted by Gasteiger charge is 2.34. The molecule has 31 heavy (non-hydrogen) atoms. The van der Waals surface area contributed by atoms with E-state index in [9.17, 15) is 22.8 Å². The number of fused-ring (bicyclic) bond motifs is 1. The molecule has 162 valence electrons. The number of rotatable bonds is 6. The lowest BCUT2D eigenvalue weighted by molar-refractivity contribution is -0.137. The van der Waals surface area contributed by atoms with Crippen LogP contribution >= 0.6 is 35.0 Å². The second kappa shape index (κ2) is 9.33. The first kappa shape index (κ1) is 23.2. The van der Waals surface area contributed by atoms with Gasteiger partial charge in [0, 0.05) is 16.6 Å². The van der Waals surface area contributed by atoms with Gasteiger partial charge >= 0.3 is 6.18 Å².